The molecule has 1 aromatic carbocycles. The van der Waals surface area contributed by atoms with Crippen molar-refractivity contribution in [1.82, 2.24) is 0 Å². The van der Waals surface area contributed by atoms with Crippen LogP contribution in [-0.2, 0) is 16.1 Å². The van der Waals surface area contributed by atoms with Gasteiger partial charge in [-0.2, -0.15) is 0 Å². The van der Waals surface area contributed by atoms with Crippen molar-refractivity contribution in [2.24, 2.45) is 5.92 Å². The fourth-order valence-corrected chi connectivity index (χ4v) is 2.01. The van der Waals surface area contributed by atoms with Gasteiger partial charge in [0.2, 0.25) is 0 Å². The van der Waals surface area contributed by atoms with Crippen LogP contribution in [0.4, 0.5) is 0 Å². The number of ether oxygens (including phenoxy) is 2. The van der Waals surface area contributed by atoms with Gasteiger partial charge in [0.15, 0.2) is 0 Å². The van der Waals surface area contributed by atoms with E-state index in [1.807, 2.05) is 44.2 Å². The zero-order valence-electron chi connectivity index (χ0n) is 13.0. The Hall–Kier alpha value is -0.900. The lowest BCUT2D eigenvalue weighted by Crippen LogP contribution is -2.18. The Balaban J connectivity index is 1.98. The van der Waals surface area contributed by atoms with Gasteiger partial charge in [-0.15, -0.1) is 0 Å². The lowest BCUT2D eigenvalue weighted by Gasteiger charge is -2.18. The first-order chi connectivity index (χ1) is 9.47. The summed E-state index contributed by atoms with van der Waals surface area (Å²) in [6.07, 6.45) is 2.93. The smallest absolute Gasteiger partial charge is 0.147 e. The molecule has 1 N–H and O–H groups in total. The van der Waals surface area contributed by atoms with Crippen molar-refractivity contribution in [2.45, 2.75) is 52.2 Å². The van der Waals surface area contributed by atoms with E-state index in [4.69, 9.17) is 9.47 Å². The Kier molecular flexibility index (Phi) is 7.82. The number of aliphatic hydroxyl groups is 1. The number of hydrogen-bond acceptors (Lipinski definition) is 3. The van der Waals surface area contributed by atoms with Crippen molar-refractivity contribution < 1.29 is 14.6 Å². The average Bonchev–Trinajstić information content (AvgIpc) is 2.38. The second kappa shape index (κ2) is 9.11. The molecule has 3 heteroatoms. The molecule has 0 aromatic heterocycles. The third-order valence-corrected chi connectivity index (χ3v) is 3.17. The van der Waals surface area contributed by atoms with Crippen LogP contribution >= 0.6 is 0 Å². The maximum atomic E-state index is 9.63. The van der Waals surface area contributed by atoms with E-state index in [9.17, 15) is 5.11 Å². The minimum absolute atomic E-state index is 0.338. The summed E-state index contributed by atoms with van der Waals surface area (Å²) in [7, 11) is 0. The summed E-state index contributed by atoms with van der Waals surface area (Å²) in [5.74, 6) is 0.498. The SMILES string of the molecule is CC(CCCC(C)(C)O)COCOCc1ccccc1. The highest BCUT2D eigenvalue weighted by atomic mass is 16.7. The van der Waals surface area contributed by atoms with Crippen LogP contribution in [0, 0.1) is 5.92 Å². The fourth-order valence-electron chi connectivity index (χ4n) is 2.01. The van der Waals surface area contributed by atoms with Crippen LogP contribution in [0.15, 0.2) is 30.3 Å². The van der Waals surface area contributed by atoms with Crippen LogP contribution in [0.1, 0.15) is 45.6 Å². The third kappa shape index (κ3) is 9.08. The lowest BCUT2D eigenvalue weighted by atomic mass is 9.97. The summed E-state index contributed by atoms with van der Waals surface area (Å²) >= 11 is 0. The highest BCUT2D eigenvalue weighted by molar-refractivity contribution is 5.13. The first-order valence-electron chi connectivity index (χ1n) is 7.39. The van der Waals surface area contributed by atoms with Crippen molar-refractivity contribution >= 4 is 0 Å². The average molecular weight is 280 g/mol. The molecule has 114 valence electrons. The molecule has 0 radical (unpaired) electrons. The van der Waals surface area contributed by atoms with Gasteiger partial charge in [0, 0.05) is 0 Å². The molecule has 0 aliphatic rings. The lowest BCUT2D eigenvalue weighted by molar-refractivity contribution is -0.0712. The van der Waals surface area contributed by atoms with Gasteiger partial charge < -0.3 is 14.6 Å². The molecular formula is C17H28O3. The number of hydrogen-bond donors (Lipinski definition) is 1. The van der Waals surface area contributed by atoms with E-state index in [0.717, 1.165) is 24.8 Å². The number of rotatable bonds is 10. The Morgan fingerprint density at radius 3 is 2.50 bits per heavy atom. The molecule has 20 heavy (non-hydrogen) atoms. The number of benzene rings is 1. The molecule has 1 rings (SSSR count). The van der Waals surface area contributed by atoms with Crippen LogP contribution in [0.2, 0.25) is 0 Å². The maximum absolute atomic E-state index is 9.63. The third-order valence-electron chi connectivity index (χ3n) is 3.17. The van der Waals surface area contributed by atoms with Crippen LogP contribution in [0.3, 0.4) is 0 Å². The van der Waals surface area contributed by atoms with Crippen LogP contribution in [0.25, 0.3) is 0 Å². The van der Waals surface area contributed by atoms with Gasteiger partial charge >= 0.3 is 0 Å². The quantitative estimate of drug-likeness (QED) is 0.524. The molecule has 0 amide bonds. The van der Waals surface area contributed by atoms with Gasteiger partial charge in [-0.25, -0.2) is 0 Å². The largest absolute Gasteiger partial charge is 0.390 e. The van der Waals surface area contributed by atoms with Crippen molar-refractivity contribution in [2.75, 3.05) is 13.4 Å². The predicted octanol–water partition coefficient (Wildman–Crippen LogP) is 3.75. The van der Waals surface area contributed by atoms with Gasteiger partial charge in [-0.1, -0.05) is 43.7 Å². The van der Waals surface area contributed by atoms with Crippen molar-refractivity contribution in [3.63, 3.8) is 0 Å². The van der Waals surface area contributed by atoms with E-state index >= 15 is 0 Å². The molecule has 0 heterocycles. The molecular weight excluding hydrogens is 252 g/mol. The van der Waals surface area contributed by atoms with E-state index in [0.29, 0.717) is 25.9 Å². The zero-order chi connectivity index (χ0) is 14.8. The van der Waals surface area contributed by atoms with E-state index in [2.05, 4.69) is 6.92 Å². The maximum Gasteiger partial charge on any atom is 0.147 e. The highest BCUT2D eigenvalue weighted by Crippen LogP contribution is 2.15. The Morgan fingerprint density at radius 2 is 1.85 bits per heavy atom. The van der Waals surface area contributed by atoms with Crippen molar-refractivity contribution in [1.29, 1.82) is 0 Å². The molecule has 3 nitrogen and oxygen atoms in total. The summed E-state index contributed by atoms with van der Waals surface area (Å²) < 4.78 is 11.0. The van der Waals surface area contributed by atoms with Gasteiger partial charge in [0.05, 0.1) is 18.8 Å². The Bertz CT molecular complexity index is 343. The summed E-state index contributed by atoms with van der Waals surface area (Å²) in [6.45, 7) is 7.51. The molecule has 1 atom stereocenters. The monoisotopic (exact) mass is 280 g/mol. The molecule has 0 aliphatic heterocycles. The Labute approximate surface area is 122 Å². The van der Waals surface area contributed by atoms with E-state index < -0.39 is 5.60 Å². The molecule has 1 aromatic rings. The van der Waals surface area contributed by atoms with Gasteiger partial charge in [0.25, 0.3) is 0 Å². The minimum Gasteiger partial charge on any atom is -0.390 e. The first-order valence-corrected chi connectivity index (χ1v) is 7.39. The molecule has 0 saturated carbocycles. The molecule has 0 spiro atoms. The summed E-state index contributed by atoms with van der Waals surface area (Å²) in [5.41, 5.74) is 0.605. The van der Waals surface area contributed by atoms with Crippen LogP contribution in [0.5, 0.6) is 0 Å². The van der Waals surface area contributed by atoms with Gasteiger partial charge in [-0.05, 0) is 38.2 Å². The van der Waals surface area contributed by atoms with Crippen LogP contribution in [-0.4, -0.2) is 24.1 Å². The second-order valence-electron chi connectivity index (χ2n) is 6.13. The van der Waals surface area contributed by atoms with E-state index in [-0.39, 0.29) is 0 Å². The highest BCUT2D eigenvalue weighted by Gasteiger charge is 2.12. The topological polar surface area (TPSA) is 38.7 Å². The second-order valence-corrected chi connectivity index (χ2v) is 6.13. The first kappa shape index (κ1) is 17.2. The van der Waals surface area contributed by atoms with E-state index in [1.54, 1.807) is 0 Å². The molecule has 1 unspecified atom stereocenters. The fraction of sp³-hybridized carbons (Fsp3) is 0.647. The summed E-state index contributed by atoms with van der Waals surface area (Å²) in [4.78, 5) is 0. The Morgan fingerprint density at radius 1 is 1.15 bits per heavy atom. The molecule has 0 fully saturated rings. The zero-order valence-corrected chi connectivity index (χ0v) is 13.0. The molecule has 0 bridgehead atoms. The standard InChI is InChI=1S/C17H28O3/c1-15(8-7-11-17(2,3)18)12-19-14-20-13-16-9-5-4-6-10-16/h4-6,9-10,15,18H,7-8,11-14H2,1-3H3. The summed E-state index contributed by atoms with van der Waals surface area (Å²) in [6, 6.07) is 10.1. The molecule has 0 saturated heterocycles. The van der Waals surface area contributed by atoms with E-state index in [1.165, 1.54) is 0 Å². The normalized spacial score (nSPS) is 13.4. The summed E-state index contributed by atoms with van der Waals surface area (Å²) in [5, 5.41) is 9.63. The van der Waals surface area contributed by atoms with Crippen molar-refractivity contribution in [3.8, 4) is 0 Å². The van der Waals surface area contributed by atoms with Gasteiger partial charge in [0.1, 0.15) is 6.79 Å². The minimum atomic E-state index is -0.556. The van der Waals surface area contributed by atoms with Gasteiger partial charge in [-0.3, -0.25) is 0 Å². The molecule has 0 aliphatic carbocycles. The van der Waals surface area contributed by atoms with Crippen LogP contribution < -0.4 is 0 Å². The predicted molar refractivity (Wildman–Crippen MR) is 81.4 cm³/mol. The van der Waals surface area contributed by atoms with Crippen molar-refractivity contribution in [3.05, 3.63) is 35.9 Å².